The zero-order chi connectivity index (χ0) is 33.2. The topological polar surface area (TPSA) is 134 Å². The fourth-order valence-corrected chi connectivity index (χ4v) is 9.88. The molecule has 2 amide bonds. The molecule has 248 valence electrons. The van der Waals surface area contributed by atoms with Crippen LogP contribution in [0.3, 0.4) is 0 Å². The average molecular weight is 752 g/mol. The van der Waals surface area contributed by atoms with Crippen LogP contribution in [-0.2, 0) is 34.3 Å². The molecule has 12 heteroatoms. The quantitative estimate of drug-likeness (QED) is 0.143. The van der Waals surface area contributed by atoms with Gasteiger partial charge in [-0.1, -0.05) is 39.1 Å². The lowest BCUT2D eigenvalue weighted by Crippen LogP contribution is -2.53. The molecule has 5 fully saturated rings. The maximum atomic E-state index is 12.8. The highest BCUT2D eigenvalue weighted by Gasteiger charge is 2.72. The number of Topliss-reactive ketones (excluding diaryl/α,β-unsaturated/α-hetero) is 2. The number of halogens is 3. The predicted molar refractivity (Wildman–Crippen MR) is 183 cm³/mol. The van der Waals surface area contributed by atoms with Crippen molar-refractivity contribution in [1.82, 2.24) is 25.6 Å². The highest BCUT2D eigenvalue weighted by molar-refractivity contribution is 9.10. The number of fused-ring (bicyclic) bond motifs is 9. The highest BCUT2D eigenvalue weighted by atomic mass is 79.9. The van der Waals surface area contributed by atoms with E-state index in [9.17, 15) is 19.2 Å². The number of amides is 2. The lowest BCUT2D eigenvalue weighted by molar-refractivity contribution is -0.137. The molecule has 1 atom stereocenters. The highest BCUT2D eigenvalue weighted by Crippen LogP contribution is 2.68. The van der Waals surface area contributed by atoms with Gasteiger partial charge in [0.05, 0.1) is 39.0 Å². The molecule has 0 radical (unpaired) electrons. The zero-order valence-electron chi connectivity index (χ0n) is 26.2. The Balaban J connectivity index is 0.000000107. The summed E-state index contributed by atoms with van der Waals surface area (Å²) in [5, 5.41) is 7.23. The van der Waals surface area contributed by atoms with Crippen LogP contribution >= 0.6 is 39.1 Å². The second kappa shape index (κ2) is 10.5. The van der Waals surface area contributed by atoms with Gasteiger partial charge in [-0.15, -0.1) is 0 Å². The largest absolute Gasteiger partial charge is 0.357 e. The molecule has 4 spiro atoms. The Morgan fingerprint density at radius 1 is 0.750 bits per heavy atom. The number of ketones is 2. The smallest absolute Gasteiger partial charge is 0.253 e. The first-order valence-electron chi connectivity index (χ1n) is 16.9. The Kier molecular flexibility index (Phi) is 6.75. The summed E-state index contributed by atoms with van der Waals surface area (Å²) in [5.41, 5.74) is 8.50. The van der Waals surface area contributed by atoms with Gasteiger partial charge in [0.2, 0.25) is 5.91 Å². The van der Waals surface area contributed by atoms with Crippen LogP contribution in [0, 0.1) is 5.41 Å². The van der Waals surface area contributed by atoms with Gasteiger partial charge in [-0.05, 0) is 106 Å². The molecule has 1 saturated heterocycles. The zero-order valence-corrected chi connectivity index (χ0v) is 29.3. The van der Waals surface area contributed by atoms with Gasteiger partial charge < -0.3 is 15.6 Å². The van der Waals surface area contributed by atoms with Crippen LogP contribution in [0.5, 0.6) is 0 Å². The number of hydrogen-bond donors (Lipinski definition) is 3. The summed E-state index contributed by atoms with van der Waals surface area (Å²) < 4.78 is 0. The van der Waals surface area contributed by atoms with E-state index in [0.717, 1.165) is 86.6 Å². The van der Waals surface area contributed by atoms with E-state index in [1.54, 1.807) is 12.3 Å². The maximum Gasteiger partial charge on any atom is 0.253 e. The minimum atomic E-state index is -0.0963. The number of hydrogen-bond acceptors (Lipinski definition) is 6. The first-order valence-corrected chi connectivity index (χ1v) is 18.6. The van der Waals surface area contributed by atoms with E-state index >= 15 is 0 Å². The Morgan fingerprint density at radius 3 is 1.98 bits per heavy atom. The number of piperidine rings is 1. The minimum Gasteiger partial charge on any atom is -0.357 e. The molecule has 5 heterocycles. The molecule has 2 aliphatic heterocycles. The fraction of sp³-hybridized carbons (Fsp3) is 0.500. The summed E-state index contributed by atoms with van der Waals surface area (Å²) in [5.74, 6) is 0.375. The van der Waals surface area contributed by atoms with Crippen LogP contribution in [-0.4, -0.2) is 54.2 Å². The standard InChI is InChI=1S/C18H16ClN3O.C9H7BrClNO.C9H11NO2/c19-12-7-11-9(8-20-12)1-2-10-13-15(21-14(10)11)17(3-4-17)18(5-6-18)22-16(13)23;10-7-2-1-5-4-12-8(11)3-6(5)9(7)13;11-6-5-7(12)10-9(3-4-9)8(6)1-2-8/h7-8,21H,1-6H2,(H,22,23);3-4,7H,1-2H2;1-5H2,(H,10,12). The van der Waals surface area contributed by atoms with Crippen molar-refractivity contribution >= 4 is 62.5 Å². The molecule has 9 nitrogen and oxygen atoms in total. The Labute approximate surface area is 295 Å². The molecule has 3 N–H and O–H groups in total. The Bertz CT molecular complexity index is 1970. The number of alkyl halides is 1. The third kappa shape index (κ3) is 4.54. The fourth-order valence-electron chi connectivity index (χ4n) is 9.09. The molecule has 6 aliphatic carbocycles. The lowest BCUT2D eigenvalue weighted by Gasteiger charge is -2.33. The van der Waals surface area contributed by atoms with Crippen molar-refractivity contribution in [2.75, 3.05) is 0 Å². The molecule has 48 heavy (non-hydrogen) atoms. The Morgan fingerprint density at radius 2 is 1.35 bits per heavy atom. The number of aryl methyl sites for hydroxylation is 2. The van der Waals surface area contributed by atoms with Gasteiger partial charge in [-0.2, -0.15) is 0 Å². The normalized spacial score (nSPS) is 25.7. The van der Waals surface area contributed by atoms with Crippen molar-refractivity contribution in [3.63, 3.8) is 0 Å². The number of aromatic nitrogens is 3. The van der Waals surface area contributed by atoms with Crippen LogP contribution in [0.15, 0.2) is 24.5 Å². The molecule has 3 aromatic heterocycles. The predicted octanol–water partition coefficient (Wildman–Crippen LogP) is 6.15. The Hall–Kier alpha value is -3.08. The van der Waals surface area contributed by atoms with Gasteiger partial charge in [0.25, 0.3) is 5.91 Å². The molecule has 1 unspecified atom stereocenters. The summed E-state index contributed by atoms with van der Waals surface area (Å²) in [6.45, 7) is 0. The van der Waals surface area contributed by atoms with Crippen LogP contribution in [0.1, 0.15) is 107 Å². The number of carbonyl (C=O) groups excluding carboxylic acids is 4. The van der Waals surface area contributed by atoms with Gasteiger partial charge in [0, 0.05) is 34.6 Å². The summed E-state index contributed by atoms with van der Waals surface area (Å²) in [6, 6.07) is 3.58. The van der Waals surface area contributed by atoms with Gasteiger partial charge >= 0.3 is 0 Å². The van der Waals surface area contributed by atoms with E-state index in [2.05, 4.69) is 41.5 Å². The van der Waals surface area contributed by atoms with Gasteiger partial charge in [0.15, 0.2) is 11.6 Å². The van der Waals surface area contributed by atoms with Gasteiger partial charge in [0.1, 0.15) is 10.3 Å². The minimum absolute atomic E-state index is 0.0449. The van der Waals surface area contributed by atoms with Crippen molar-refractivity contribution in [1.29, 1.82) is 0 Å². The first-order chi connectivity index (χ1) is 23.0. The molecule has 4 saturated carbocycles. The van der Waals surface area contributed by atoms with Crippen molar-refractivity contribution in [2.24, 2.45) is 5.41 Å². The van der Waals surface area contributed by atoms with Crippen LogP contribution < -0.4 is 10.6 Å². The molecule has 8 aliphatic rings. The van der Waals surface area contributed by atoms with Crippen LogP contribution in [0.4, 0.5) is 0 Å². The second-order valence-electron chi connectivity index (χ2n) is 14.9. The first kappa shape index (κ1) is 30.9. The molecule has 3 aromatic rings. The van der Waals surface area contributed by atoms with Crippen molar-refractivity contribution in [3.8, 4) is 11.3 Å². The number of nitrogens with one attached hydrogen (secondary N) is 3. The summed E-state index contributed by atoms with van der Waals surface area (Å²) in [4.78, 5) is 58.9. The van der Waals surface area contributed by atoms with Crippen LogP contribution in [0.2, 0.25) is 10.3 Å². The third-order valence-corrected chi connectivity index (χ3v) is 13.6. The van der Waals surface area contributed by atoms with E-state index in [-0.39, 0.29) is 56.5 Å². The van der Waals surface area contributed by atoms with Crippen LogP contribution in [0.25, 0.3) is 11.3 Å². The van der Waals surface area contributed by atoms with Gasteiger partial charge in [-0.3, -0.25) is 19.2 Å². The van der Waals surface area contributed by atoms with E-state index in [0.29, 0.717) is 15.9 Å². The number of nitrogens with zero attached hydrogens (tertiary/aromatic N) is 2. The lowest BCUT2D eigenvalue weighted by atomic mass is 9.81. The maximum absolute atomic E-state index is 12.8. The number of H-pyrrole nitrogens is 1. The third-order valence-electron chi connectivity index (χ3n) is 12.3. The second-order valence-corrected chi connectivity index (χ2v) is 16.7. The number of rotatable bonds is 0. The number of pyridine rings is 2. The van der Waals surface area contributed by atoms with Crippen molar-refractivity contribution < 1.29 is 19.2 Å². The summed E-state index contributed by atoms with van der Waals surface area (Å²) in [6.07, 6.45) is 15.9. The molecule has 0 bridgehead atoms. The molecular weight excluding hydrogens is 717 g/mol. The average Bonchev–Trinajstić information content (AvgIpc) is 3.86. The molecular formula is C36H34BrCl2N5O4. The summed E-state index contributed by atoms with van der Waals surface area (Å²) >= 11 is 15.2. The van der Waals surface area contributed by atoms with E-state index in [1.807, 2.05) is 12.3 Å². The SMILES string of the molecule is O=C1CC(=O)C2(CC2)C2(CC2)N1.O=C1NC2(CC2)C2(CC2)c2[nH]c3c(c21)CCc1cnc(Cl)cc1-3.O=C1c2cc(Cl)ncc2CCC1Br. The van der Waals surface area contributed by atoms with Gasteiger partial charge in [-0.25, -0.2) is 9.97 Å². The van der Waals surface area contributed by atoms with Crippen molar-refractivity contribution in [2.45, 2.75) is 105 Å². The van der Waals surface area contributed by atoms with E-state index < -0.39 is 0 Å². The van der Waals surface area contributed by atoms with E-state index in [4.69, 9.17) is 23.2 Å². The number of aromatic amines is 1. The monoisotopic (exact) mass is 749 g/mol. The molecule has 11 rings (SSSR count). The van der Waals surface area contributed by atoms with E-state index in [1.165, 1.54) is 29.7 Å². The number of carbonyl (C=O) groups is 4. The van der Waals surface area contributed by atoms with Crippen molar-refractivity contribution in [3.05, 3.63) is 68.3 Å². The summed E-state index contributed by atoms with van der Waals surface area (Å²) in [7, 11) is 0. The molecule has 0 aromatic carbocycles.